The zero-order chi connectivity index (χ0) is 11.4. The van der Waals surface area contributed by atoms with Crippen molar-refractivity contribution in [3.05, 3.63) is 0 Å². The van der Waals surface area contributed by atoms with Gasteiger partial charge in [0.15, 0.2) is 0 Å². The van der Waals surface area contributed by atoms with Gasteiger partial charge in [0, 0.05) is 32.4 Å². The number of rotatable bonds is 4. The third-order valence-corrected chi connectivity index (χ3v) is 4.38. The summed E-state index contributed by atoms with van der Waals surface area (Å²) in [6.07, 6.45) is 6.02. The Morgan fingerprint density at radius 3 is 2.75 bits per heavy atom. The second kappa shape index (κ2) is 5.48. The molecule has 2 atom stereocenters. The zero-order valence-electron chi connectivity index (χ0n) is 10.4. The first kappa shape index (κ1) is 12.3. The molecule has 0 aromatic carbocycles. The minimum atomic E-state index is 0.345. The zero-order valence-corrected chi connectivity index (χ0v) is 10.4. The largest absolute Gasteiger partial charge is 0.396 e. The lowest BCUT2D eigenvalue weighted by atomic mass is 9.82. The molecule has 1 aliphatic carbocycles. The van der Waals surface area contributed by atoms with E-state index in [1.165, 1.54) is 19.3 Å². The molecule has 2 unspecified atom stereocenters. The lowest BCUT2D eigenvalue weighted by Crippen LogP contribution is -2.43. The van der Waals surface area contributed by atoms with E-state index in [2.05, 4.69) is 12.2 Å². The van der Waals surface area contributed by atoms with E-state index in [4.69, 9.17) is 4.74 Å². The van der Waals surface area contributed by atoms with Crippen molar-refractivity contribution in [3.63, 3.8) is 0 Å². The first-order valence-electron chi connectivity index (χ1n) is 6.65. The molecular formula is C13H25NO2. The molecule has 0 aromatic heterocycles. The van der Waals surface area contributed by atoms with Gasteiger partial charge in [-0.2, -0.15) is 0 Å². The Morgan fingerprint density at radius 2 is 2.06 bits per heavy atom. The van der Waals surface area contributed by atoms with Crippen LogP contribution in [0, 0.1) is 11.3 Å². The van der Waals surface area contributed by atoms with Gasteiger partial charge >= 0.3 is 0 Å². The first-order valence-corrected chi connectivity index (χ1v) is 6.65. The minimum Gasteiger partial charge on any atom is -0.396 e. The quantitative estimate of drug-likeness (QED) is 0.766. The molecule has 2 fully saturated rings. The maximum Gasteiger partial charge on any atom is 0.0474 e. The van der Waals surface area contributed by atoms with Gasteiger partial charge in [-0.3, -0.25) is 0 Å². The van der Waals surface area contributed by atoms with Gasteiger partial charge in [0.05, 0.1) is 0 Å². The van der Waals surface area contributed by atoms with Gasteiger partial charge in [-0.25, -0.2) is 0 Å². The molecule has 94 valence electrons. The number of aliphatic hydroxyl groups is 1. The van der Waals surface area contributed by atoms with Gasteiger partial charge in [-0.1, -0.05) is 13.3 Å². The fraction of sp³-hybridized carbons (Fsp3) is 1.00. The fourth-order valence-electron chi connectivity index (χ4n) is 2.94. The Bertz CT molecular complexity index is 214. The van der Waals surface area contributed by atoms with Crippen LogP contribution in [0.5, 0.6) is 0 Å². The van der Waals surface area contributed by atoms with Crippen LogP contribution in [0.2, 0.25) is 0 Å². The van der Waals surface area contributed by atoms with Crippen molar-refractivity contribution in [2.24, 2.45) is 11.3 Å². The van der Waals surface area contributed by atoms with Crippen LogP contribution in [0.4, 0.5) is 0 Å². The summed E-state index contributed by atoms with van der Waals surface area (Å²) < 4.78 is 5.41. The number of ether oxygens (including phenoxy) is 1. The summed E-state index contributed by atoms with van der Waals surface area (Å²) in [5.41, 5.74) is 0.404. The van der Waals surface area contributed by atoms with E-state index in [0.717, 1.165) is 32.6 Å². The summed E-state index contributed by atoms with van der Waals surface area (Å²) in [4.78, 5) is 0. The van der Waals surface area contributed by atoms with Crippen molar-refractivity contribution in [1.82, 2.24) is 5.32 Å². The molecule has 3 nitrogen and oxygen atoms in total. The molecule has 0 amide bonds. The van der Waals surface area contributed by atoms with Gasteiger partial charge in [0.1, 0.15) is 0 Å². The molecule has 1 aliphatic heterocycles. The molecule has 0 radical (unpaired) electrons. The second-order valence-corrected chi connectivity index (χ2v) is 5.78. The third-order valence-electron chi connectivity index (χ3n) is 4.38. The predicted molar refractivity (Wildman–Crippen MR) is 64.4 cm³/mol. The minimum absolute atomic E-state index is 0.345. The van der Waals surface area contributed by atoms with Crippen LogP contribution in [-0.4, -0.2) is 37.5 Å². The van der Waals surface area contributed by atoms with E-state index in [9.17, 15) is 5.11 Å². The Balaban J connectivity index is 1.77. The van der Waals surface area contributed by atoms with Crippen LogP contribution in [-0.2, 0) is 4.74 Å². The van der Waals surface area contributed by atoms with Gasteiger partial charge in [0.2, 0.25) is 0 Å². The summed E-state index contributed by atoms with van der Waals surface area (Å²) in [6.45, 7) is 5.60. The number of hydrogen-bond donors (Lipinski definition) is 2. The van der Waals surface area contributed by atoms with E-state index in [1.54, 1.807) is 0 Å². The van der Waals surface area contributed by atoms with Crippen LogP contribution < -0.4 is 5.32 Å². The van der Waals surface area contributed by atoms with Crippen LogP contribution in [0.25, 0.3) is 0 Å². The van der Waals surface area contributed by atoms with Gasteiger partial charge in [-0.15, -0.1) is 0 Å². The van der Waals surface area contributed by atoms with Crippen LogP contribution >= 0.6 is 0 Å². The Hall–Kier alpha value is -0.120. The van der Waals surface area contributed by atoms with Gasteiger partial charge < -0.3 is 15.2 Å². The molecule has 1 saturated heterocycles. The molecule has 2 aliphatic rings. The predicted octanol–water partition coefficient (Wildman–Crippen LogP) is 1.55. The highest BCUT2D eigenvalue weighted by molar-refractivity contribution is 4.86. The lowest BCUT2D eigenvalue weighted by Gasteiger charge is -2.35. The van der Waals surface area contributed by atoms with E-state index in [1.807, 2.05) is 0 Å². The smallest absolute Gasteiger partial charge is 0.0474 e. The van der Waals surface area contributed by atoms with Crippen molar-refractivity contribution in [3.8, 4) is 0 Å². The molecule has 1 saturated carbocycles. The Morgan fingerprint density at radius 1 is 1.31 bits per heavy atom. The highest BCUT2D eigenvalue weighted by Gasteiger charge is 2.31. The van der Waals surface area contributed by atoms with Crippen molar-refractivity contribution >= 4 is 0 Å². The molecule has 3 heteroatoms. The first-order chi connectivity index (χ1) is 7.73. The Labute approximate surface area is 98.6 Å². The lowest BCUT2D eigenvalue weighted by molar-refractivity contribution is 0.0218. The van der Waals surface area contributed by atoms with Crippen molar-refractivity contribution in [1.29, 1.82) is 0 Å². The normalized spacial score (nSPS) is 34.1. The standard InChI is InChI=1S/C13H25NO2/c1-13(5-7-16-8-6-13)10-14-12-4-2-3-11(12)9-15/h11-12,14-15H,2-10H2,1H3. The average Bonchev–Trinajstić information content (AvgIpc) is 2.75. The van der Waals surface area contributed by atoms with Crippen molar-refractivity contribution in [2.75, 3.05) is 26.4 Å². The highest BCUT2D eigenvalue weighted by Crippen LogP contribution is 2.31. The molecule has 1 heterocycles. The average molecular weight is 227 g/mol. The molecule has 0 aromatic rings. The second-order valence-electron chi connectivity index (χ2n) is 5.78. The summed E-state index contributed by atoms with van der Waals surface area (Å²) in [5, 5.41) is 13.0. The van der Waals surface area contributed by atoms with E-state index in [0.29, 0.717) is 24.0 Å². The highest BCUT2D eigenvalue weighted by atomic mass is 16.5. The Kier molecular flexibility index (Phi) is 4.22. The van der Waals surface area contributed by atoms with E-state index < -0.39 is 0 Å². The van der Waals surface area contributed by atoms with Crippen molar-refractivity contribution in [2.45, 2.75) is 45.1 Å². The molecule has 0 bridgehead atoms. The summed E-state index contributed by atoms with van der Waals surface area (Å²) in [5.74, 6) is 0.489. The molecule has 0 spiro atoms. The maximum absolute atomic E-state index is 9.28. The SMILES string of the molecule is CC1(CNC2CCCC2CO)CCOCC1. The van der Waals surface area contributed by atoms with Gasteiger partial charge in [-0.05, 0) is 37.0 Å². The van der Waals surface area contributed by atoms with E-state index in [-0.39, 0.29) is 0 Å². The monoisotopic (exact) mass is 227 g/mol. The maximum atomic E-state index is 9.28. The summed E-state index contributed by atoms with van der Waals surface area (Å²) in [6, 6.07) is 0.546. The van der Waals surface area contributed by atoms with Crippen LogP contribution in [0.1, 0.15) is 39.0 Å². The van der Waals surface area contributed by atoms with Crippen molar-refractivity contribution < 1.29 is 9.84 Å². The van der Waals surface area contributed by atoms with E-state index >= 15 is 0 Å². The summed E-state index contributed by atoms with van der Waals surface area (Å²) in [7, 11) is 0. The number of nitrogens with one attached hydrogen (secondary N) is 1. The molecule has 2 rings (SSSR count). The molecule has 2 N–H and O–H groups in total. The molecular weight excluding hydrogens is 202 g/mol. The summed E-state index contributed by atoms with van der Waals surface area (Å²) >= 11 is 0. The van der Waals surface area contributed by atoms with Gasteiger partial charge in [0.25, 0.3) is 0 Å². The van der Waals surface area contributed by atoms with Crippen LogP contribution in [0.3, 0.4) is 0 Å². The molecule has 16 heavy (non-hydrogen) atoms. The third kappa shape index (κ3) is 2.96. The van der Waals surface area contributed by atoms with Crippen LogP contribution in [0.15, 0.2) is 0 Å². The number of aliphatic hydroxyl groups excluding tert-OH is 1. The number of hydrogen-bond acceptors (Lipinski definition) is 3. The topological polar surface area (TPSA) is 41.5 Å². The fourth-order valence-corrected chi connectivity index (χ4v) is 2.94.